The highest BCUT2D eigenvalue weighted by Crippen LogP contribution is 2.14. The van der Waals surface area contributed by atoms with Crippen LogP contribution in [-0.4, -0.2) is 30.1 Å². The number of hydrogen-bond donors (Lipinski definition) is 3. The van der Waals surface area contributed by atoms with Gasteiger partial charge >= 0.3 is 5.97 Å². The van der Waals surface area contributed by atoms with Crippen LogP contribution in [-0.2, 0) is 9.59 Å². The molecule has 0 aromatic heterocycles. The molecule has 2 unspecified atom stereocenters. The van der Waals surface area contributed by atoms with Gasteiger partial charge in [-0.3, -0.25) is 9.59 Å². The number of rotatable bonds is 7. The predicted molar refractivity (Wildman–Crippen MR) is 72.7 cm³/mol. The van der Waals surface area contributed by atoms with Crippen LogP contribution in [0.2, 0.25) is 0 Å². The van der Waals surface area contributed by atoms with Gasteiger partial charge in [-0.1, -0.05) is 37.3 Å². The molecule has 0 saturated carbocycles. The van der Waals surface area contributed by atoms with E-state index in [9.17, 15) is 9.59 Å². The van der Waals surface area contributed by atoms with Crippen LogP contribution in [0, 0.1) is 5.92 Å². The number of hydrogen-bond acceptors (Lipinski definition) is 3. The Kier molecular flexibility index (Phi) is 6.02. The lowest BCUT2D eigenvalue weighted by atomic mass is 9.98. The van der Waals surface area contributed by atoms with E-state index >= 15 is 0 Å². The lowest BCUT2D eigenvalue weighted by Crippen LogP contribution is -2.38. The van der Waals surface area contributed by atoms with Gasteiger partial charge in [0.15, 0.2) is 0 Å². The number of amides is 1. The summed E-state index contributed by atoms with van der Waals surface area (Å²) >= 11 is 0. The Labute approximate surface area is 112 Å². The van der Waals surface area contributed by atoms with Gasteiger partial charge in [0.25, 0.3) is 0 Å². The summed E-state index contributed by atoms with van der Waals surface area (Å²) in [5, 5.41) is 11.6. The SMILES string of the molecule is CCC(CNC(=O)C(CN)c1ccccc1)C(=O)O. The zero-order chi connectivity index (χ0) is 14.3. The van der Waals surface area contributed by atoms with Crippen LogP contribution in [0.1, 0.15) is 24.8 Å². The smallest absolute Gasteiger partial charge is 0.308 e. The average molecular weight is 264 g/mol. The summed E-state index contributed by atoms with van der Waals surface area (Å²) in [6.45, 7) is 2.11. The number of carboxylic acid groups (broad SMARTS) is 1. The number of carbonyl (C=O) groups is 2. The molecule has 5 heteroatoms. The van der Waals surface area contributed by atoms with Crippen molar-refractivity contribution in [2.24, 2.45) is 11.7 Å². The van der Waals surface area contributed by atoms with Gasteiger partial charge in [-0.2, -0.15) is 0 Å². The number of nitrogens with two attached hydrogens (primary N) is 1. The van der Waals surface area contributed by atoms with Crippen LogP contribution in [0.4, 0.5) is 0 Å². The molecule has 0 aliphatic rings. The summed E-state index contributed by atoms with van der Waals surface area (Å²) in [5.74, 6) is -2.12. The molecule has 0 spiro atoms. The molecule has 0 saturated heterocycles. The molecule has 104 valence electrons. The summed E-state index contributed by atoms with van der Waals surface area (Å²) in [6.07, 6.45) is 0.480. The van der Waals surface area contributed by atoms with Gasteiger partial charge in [0.05, 0.1) is 11.8 Å². The zero-order valence-corrected chi connectivity index (χ0v) is 11.0. The fourth-order valence-corrected chi connectivity index (χ4v) is 1.83. The number of benzene rings is 1. The van der Waals surface area contributed by atoms with Gasteiger partial charge in [-0.05, 0) is 12.0 Å². The monoisotopic (exact) mass is 264 g/mol. The normalized spacial score (nSPS) is 13.6. The van der Waals surface area contributed by atoms with E-state index in [4.69, 9.17) is 10.8 Å². The molecule has 0 heterocycles. The number of carbonyl (C=O) groups excluding carboxylic acids is 1. The van der Waals surface area contributed by atoms with E-state index in [1.165, 1.54) is 0 Å². The summed E-state index contributed by atoms with van der Waals surface area (Å²) in [4.78, 5) is 22.9. The first kappa shape index (κ1) is 15.2. The first-order chi connectivity index (χ1) is 9.10. The van der Waals surface area contributed by atoms with Crippen molar-refractivity contribution in [3.8, 4) is 0 Å². The van der Waals surface area contributed by atoms with Crippen LogP contribution in [0.3, 0.4) is 0 Å². The minimum Gasteiger partial charge on any atom is -0.481 e. The molecule has 1 amide bonds. The lowest BCUT2D eigenvalue weighted by Gasteiger charge is -2.17. The third-order valence-corrected chi connectivity index (χ3v) is 3.12. The Hall–Kier alpha value is -1.88. The van der Waals surface area contributed by atoms with E-state index in [1.54, 1.807) is 6.92 Å². The van der Waals surface area contributed by atoms with Crippen molar-refractivity contribution in [2.75, 3.05) is 13.1 Å². The average Bonchev–Trinajstić information content (AvgIpc) is 2.41. The van der Waals surface area contributed by atoms with Crippen molar-refractivity contribution in [3.63, 3.8) is 0 Å². The van der Waals surface area contributed by atoms with Crippen LogP contribution in [0.15, 0.2) is 30.3 Å². The van der Waals surface area contributed by atoms with E-state index in [1.807, 2.05) is 30.3 Å². The Bertz CT molecular complexity index is 420. The second-order valence-corrected chi connectivity index (χ2v) is 4.39. The van der Waals surface area contributed by atoms with Gasteiger partial charge in [-0.15, -0.1) is 0 Å². The summed E-state index contributed by atoms with van der Waals surface area (Å²) in [6, 6.07) is 9.23. The number of carboxylic acids is 1. The minimum absolute atomic E-state index is 0.133. The van der Waals surface area contributed by atoms with Crippen molar-refractivity contribution >= 4 is 11.9 Å². The highest BCUT2D eigenvalue weighted by atomic mass is 16.4. The van der Waals surface area contributed by atoms with Crippen molar-refractivity contribution < 1.29 is 14.7 Å². The van der Waals surface area contributed by atoms with Gasteiger partial charge in [0.2, 0.25) is 5.91 Å². The van der Waals surface area contributed by atoms with Gasteiger partial charge < -0.3 is 16.2 Å². The number of aliphatic carboxylic acids is 1. The van der Waals surface area contributed by atoms with E-state index in [0.29, 0.717) is 6.42 Å². The molecule has 0 fully saturated rings. The van der Waals surface area contributed by atoms with Crippen LogP contribution < -0.4 is 11.1 Å². The largest absolute Gasteiger partial charge is 0.481 e. The molecule has 1 rings (SSSR count). The Morgan fingerprint density at radius 3 is 2.42 bits per heavy atom. The highest BCUT2D eigenvalue weighted by Gasteiger charge is 2.21. The van der Waals surface area contributed by atoms with E-state index in [-0.39, 0.29) is 19.0 Å². The number of nitrogens with one attached hydrogen (secondary N) is 1. The fraction of sp³-hybridized carbons (Fsp3) is 0.429. The Morgan fingerprint density at radius 1 is 1.32 bits per heavy atom. The molecule has 0 aliphatic heterocycles. The molecule has 5 nitrogen and oxygen atoms in total. The molecule has 0 aliphatic carbocycles. The molecular formula is C14H20N2O3. The maximum absolute atomic E-state index is 12.0. The summed E-state index contributed by atoms with van der Waals surface area (Å²) in [7, 11) is 0. The third kappa shape index (κ3) is 4.37. The molecule has 2 atom stereocenters. The van der Waals surface area contributed by atoms with E-state index in [0.717, 1.165) is 5.56 Å². The second-order valence-electron chi connectivity index (χ2n) is 4.39. The zero-order valence-electron chi connectivity index (χ0n) is 11.0. The van der Waals surface area contributed by atoms with Gasteiger partial charge in [0, 0.05) is 13.1 Å². The maximum Gasteiger partial charge on any atom is 0.308 e. The fourth-order valence-electron chi connectivity index (χ4n) is 1.83. The van der Waals surface area contributed by atoms with Crippen molar-refractivity contribution in [1.29, 1.82) is 0 Å². The van der Waals surface area contributed by atoms with Crippen LogP contribution in [0.5, 0.6) is 0 Å². The topological polar surface area (TPSA) is 92.4 Å². The van der Waals surface area contributed by atoms with Crippen LogP contribution in [0.25, 0.3) is 0 Å². The molecule has 1 aromatic rings. The quantitative estimate of drug-likeness (QED) is 0.683. The molecule has 0 bridgehead atoms. The molecule has 4 N–H and O–H groups in total. The van der Waals surface area contributed by atoms with Gasteiger partial charge in [0.1, 0.15) is 0 Å². The Balaban J connectivity index is 2.63. The molecular weight excluding hydrogens is 244 g/mol. The van der Waals surface area contributed by atoms with Crippen molar-refractivity contribution in [1.82, 2.24) is 5.32 Å². The van der Waals surface area contributed by atoms with E-state index in [2.05, 4.69) is 5.32 Å². The molecule has 0 radical (unpaired) electrons. The summed E-state index contributed by atoms with van der Waals surface area (Å²) in [5.41, 5.74) is 6.47. The van der Waals surface area contributed by atoms with Crippen LogP contribution >= 0.6 is 0 Å². The minimum atomic E-state index is -0.896. The standard InChI is InChI=1S/C14H20N2O3/c1-2-10(14(18)19)9-16-13(17)12(8-15)11-6-4-3-5-7-11/h3-7,10,12H,2,8-9,15H2,1H3,(H,16,17)(H,18,19). The first-order valence-electron chi connectivity index (χ1n) is 6.35. The van der Waals surface area contributed by atoms with E-state index < -0.39 is 17.8 Å². The predicted octanol–water partition coefficient (Wildman–Crippen LogP) is 0.956. The molecule has 19 heavy (non-hydrogen) atoms. The first-order valence-corrected chi connectivity index (χ1v) is 6.35. The maximum atomic E-state index is 12.0. The highest BCUT2D eigenvalue weighted by molar-refractivity contribution is 5.84. The van der Waals surface area contributed by atoms with Gasteiger partial charge in [-0.25, -0.2) is 0 Å². The molecule has 1 aromatic carbocycles. The second kappa shape index (κ2) is 7.53. The Morgan fingerprint density at radius 2 is 1.95 bits per heavy atom. The van der Waals surface area contributed by atoms with Crippen molar-refractivity contribution in [3.05, 3.63) is 35.9 Å². The van der Waals surface area contributed by atoms with Crippen molar-refractivity contribution in [2.45, 2.75) is 19.3 Å². The lowest BCUT2D eigenvalue weighted by molar-refractivity contribution is -0.141. The third-order valence-electron chi connectivity index (χ3n) is 3.12. The summed E-state index contributed by atoms with van der Waals surface area (Å²) < 4.78 is 0.